The molecule has 0 aliphatic heterocycles. The van der Waals surface area contributed by atoms with E-state index in [1.54, 1.807) is 0 Å². The van der Waals surface area contributed by atoms with Crippen molar-refractivity contribution in [1.29, 1.82) is 0 Å². The van der Waals surface area contributed by atoms with Gasteiger partial charge in [-0.3, -0.25) is 4.79 Å². The van der Waals surface area contributed by atoms with Crippen molar-refractivity contribution in [2.75, 3.05) is 27.8 Å². The number of nitrogens with zero attached hydrogens (tertiary/aromatic N) is 3. The molecule has 0 spiro atoms. The molecule has 6 rings (SSSR count). The van der Waals surface area contributed by atoms with Gasteiger partial charge < -0.3 is 21.3 Å². The molecule has 0 saturated heterocycles. The molecule has 2 aliphatic rings. The van der Waals surface area contributed by atoms with Crippen LogP contribution in [-0.4, -0.2) is 27.4 Å². The molecule has 1 heterocycles. The van der Waals surface area contributed by atoms with Gasteiger partial charge in [0.25, 0.3) is 0 Å². The molecule has 2 fully saturated rings. The number of anilines is 4. The van der Waals surface area contributed by atoms with Gasteiger partial charge in [0.15, 0.2) is 0 Å². The predicted molar refractivity (Wildman–Crippen MR) is 178 cm³/mol. The van der Waals surface area contributed by atoms with Gasteiger partial charge in [-0.15, -0.1) is 0 Å². The van der Waals surface area contributed by atoms with Gasteiger partial charge in [-0.25, -0.2) is 0 Å². The van der Waals surface area contributed by atoms with Gasteiger partial charge >= 0.3 is 0 Å². The first-order valence-corrected chi connectivity index (χ1v) is 16.0. The Bertz CT molecular complexity index is 1550. The van der Waals surface area contributed by atoms with E-state index in [0.717, 1.165) is 49.4 Å². The highest BCUT2D eigenvalue weighted by molar-refractivity contribution is 5.92. The minimum absolute atomic E-state index is 0.0567. The van der Waals surface area contributed by atoms with Crippen molar-refractivity contribution in [3.8, 4) is 0 Å². The van der Waals surface area contributed by atoms with Gasteiger partial charge in [-0.1, -0.05) is 60.7 Å². The molecule has 0 unspecified atom stereocenters. The van der Waals surface area contributed by atoms with Crippen LogP contribution < -0.4 is 21.3 Å². The van der Waals surface area contributed by atoms with Gasteiger partial charge in [0.05, 0.1) is 0 Å². The van der Waals surface area contributed by atoms with Crippen LogP contribution in [0.5, 0.6) is 0 Å². The molecule has 1 amide bonds. The number of amides is 1. The van der Waals surface area contributed by atoms with Crippen molar-refractivity contribution in [1.82, 2.24) is 15.0 Å². The van der Waals surface area contributed by atoms with E-state index in [0.29, 0.717) is 36.9 Å². The molecule has 8 nitrogen and oxygen atoms in total. The summed E-state index contributed by atoms with van der Waals surface area (Å²) in [6.07, 6.45) is 6.34. The van der Waals surface area contributed by atoms with Crippen molar-refractivity contribution < 1.29 is 4.79 Å². The predicted octanol–water partition coefficient (Wildman–Crippen LogP) is 7.45. The van der Waals surface area contributed by atoms with E-state index in [-0.39, 0.29) is 11.8 Å². The van der Waals surface area contributed by atoms with E-state index < -0.39 is 0 Å². The molecular weight excluding hydrogens is 546 g/mol. The molecule has 4 aromatic rings. The summed E-state index contributed by atoms with van der Waals surface area (Å²) in [6.45, 7) is 6.28. The second-order valence-corrected chi connectivity index (χ2v) is 12.3. The Morgan fingerprint density at radius 1 is 0.705 bits per heavy atom. The summed E-state index contributed by atoms with van der Waals surface area (Å²) >= 11 is 0. The summed E-state index contributed by atoms with van der Waals surface area (Å²) in [6, 6.07) is 25.0. The Morgan fingerprint density at radius 2 is 1.36 bits per heavy atom. The molecule has 0 bridgehead atoms. The highest BCUT2D eigenvalue weighted by Crippen LogP contribution is 2.40. The maximum Gasteiger partial charge on any atom is 0.229 e. The smallest absolute Gasteiger partial charge is 0.229 e. The second-order valence-electron chi connectivity index (χ2n) is 12.3. The van der Waals surface area contributed by atoms with E-state index >= 15 is 0 Å². The SMILES string of the molecule is Cc1cccc(CNc2nc(NCc3ccccc3)nc(NCC3CCC(C(=O)Nc4ccc(C5CC5)cc4)CC3)n2)c1C. The molecule has 1 aromatic heterocycles. The first-order valence-electron chi connectivity index (χ1n) is 16.0. The zero-order chi connectivity index (χ0) is 30.3. The van der Waals surface area contributed by atoms with Gasteiger partial charge in [-0.05, 0) is 104 Å². The Morgan fingerprint density at radius 3 is 2.05 bits per heavy atom. The van der Waals surface area contributed by atoms with E-state index in [2.05, 4.69) is 87.5 Å². The Labute approximate surface area is 260 Å². The lowest BCUT2D eigenvalue weighted by molar-refractivity contribution is -0.121. The molecule has 44 heavy (non-hydrogen) atoms. The van der Waals surface area contributed by atoms with Crippen LogP contribution in [0.4, 0.5) is 23.5 Å². The van der Waals surface area contributed by atoms with Crippen LogP contribution in [0.25, 0.3) is 0 Å². The lowest BCUT2D eigenvalue weighted by Gasteiger charge is -2.28. The monoisotopic (exact) mass is 589 g/mol. The van der Waals surface area contributed by atoms with Crippen molar-refractivity contribution in [3.63, 3.8) is 0 Å². The highest BCUT2D eigenvalue weighted by atomic mass is 16.1. The van der Waals surface area contributed by atoms with Crippen LogP contribution in [0, 0.1) is 25.7 Å². The van der Waals surface area contributed by atoms with Crippen LogP contribution in [0.1, 0.15) is 72.3 Å². The first-order chi connectivity index (χ1) is 21.5. The van der Waals surface area contributed by atoms with Crippen LogP contribution in [0.2, 0.25) is 0 Å². The third-order valence-electron chi connectivity index (χ3n) is 9.08. The largest absolute Gasteiger partial charge is 0.354 e. The zero-order valence-corrected chi connectivity index (χ0v) is 25.8. The van der Waals surface area contributed by atoms with Crippen molar-refractivity contribution in [2.24, 2.45) is 11.8 Å². The summed E-state index contributed by atoms with van der Waals surface area (Å²) in [4.78, 5) is 27.0. The lowest BCUT2D eigenvalue weighted by atomic mass is 9.81. The number of aryl methyl sites for hydroxylation is 1. The molecule has 0 radical (unpaired) electrons. The zero-order valence-electron chi connectivity index (χ0n) is 25.8. The number of rotatable bonds is 12. The summed E-state index contributed by atoms with van der Waals surface area (Å²) in [5, 5.41) is 13.4. The first kappa shape index (κ1) is 29.6. The van der Waals surface area contributed by atoms with Crippen LogP contribution in [-0.2, 0) is 17.9 Å². The summed E-state index contributed by atoms with van der Waals surface area (Å²) in [5.74, 6) is 2.99. The van der Waals surface area contributed by atoms with Gasteiger partial charge in [0.1, 0.15) is 0 Å². The molecule has 0 atom stereocenters. The number of carbonyl (C=O) groups is 1. The topological polar surface area (TPSA) is 104 Å². The summed E-state index contributed by atoms with van der Waals surface area (Å²) < 4.78 is 0. The van der Waals surface area contributed by atoms with Crippen molar-refractivity contribution in [2.45, 2.75) is 71.4 Å². The van der Waals surface area contributed by atoms with Gasteiger partial charge in [0, 0.05) is 31.2 Å². The fourth-order valence-electron chi connectivity index (χ4n) is 5.93. The maximum atomic E-state index is 13.0. The third-order valence-corrected chi connectivity index (χ3v) is 9.08. The average Bonchev–Trinajstić information content (AvgIpc) is 3.90. The summed E-state index contributed by atoms with van der Waals surface area (Å²) in [5.41, 5.74) is 7.19. The van der Waals surface area contributed by atoms with E-state index in [1.807, 2.05) is 30.3 Å². The molecule has 3 aromatic carbocycles. The average molecular weight is 590 g/mol. The van der Waals surface area contributed by atoms with Crippen molar-refractivity contribution >= 4 is 29.4 Å². The fourth-order valence-corrected chi connectivity index (χ4v) is 5.93. The Hall–Kier alpha value is -4.46. The molecule has 2 aliphatic carbocycles. The minimum atomic E-state index is 0.0567. The Balaban J connectivity index is 1.04. The quantitative estimate of drug-likeness (QED) is 0.136. The molecule has 4 N–H and O–H groups in total. The molecule has 8 heteroatoms. The van der Waals surface area contributed by atoms with Crippen molar-refractivity contribution in [3.05, 3.63) is 101 Å². The fraction of sp³-hybridized carbons (Fsp3) is 0.389. The maximum absolute atomic E-state index is 13.0. The van der Waals surface area contributed by atoms with Gasteiger partial charge in [-0.2, -0.15) is 15.0 Å². The standard InChI is InChI=1S/C36H43N7O/c1-24-7-6-10-31(25(24)2)23-39-36-42-34(37-21-26-8-4-3-5-9-26)41-35(43-36)38-22-27-11-13-30(14-12-27)33(44)40-32-19-17-29(18-20-32)28-15-16-28/h3-10,17-20,27-28,30H,11-16,21-23H2,1-2H3,(H,40,44)(H3,37,38,39,41,42,43). The number of carbonyl (C=O) groups excluding carboxylic acids is 1. The normalized spacial score (nSPS) is 18.0. The highest BCUT2D eigenvalue weighted by Gasteiger charge is 2.27. The second kappa shape index (κ2) is 13.9. The van der Waals surface area contributed by atoms with Crippen LogP contribution in [0.15, 0.2) is 72.8 Å². The Kier molecular flexibility index (Phi) is 9.34. The molecule has 2 saturated carbocycles. The third kappa shape index (κ3) is 7.92. The van der Waals surface area contributed by atoms with Crippen LogP contribution >= 0.6 is 0 Å². The van der Waals surface area contributed by atoms with E-state index in [1.165, 1.54) is 35.1 Å². The van der Waals surface area contributed by atoms with E-state index in [9.17, 15) is 4.79 Å². The van der Waals surface area contributed by atoms with Crippen LogP contribution in [0.3, 0.4) is 0 Å². The number of hydrogen-bond donors (Lipinski definition) is 4. The number of nitrogens with one attached hydrogen (secondary N) is 4. The van der Waals surface area contributed by atoms with E-state index in [4.69, 9.17) is 4.98 Å². The number of hydrogen-bond acceptors (Lipinski definition) is 7. The minimum Gasteiger partial charge on any atom is -0.354 e. The number of aromatic nitrogens is 3. The number of benzene rings is 3. The summed E-state index contributed by atoms with van der Waals surface area (Å²) in [7, 11) is 0. The van der Waals surface area contributed by atoms with Gasteiger partial charge in [0.2, 0.25) is 23.8 Å². The lowest BCUT2D eigenvalue weighted by Crippen LogP contribution is -2.29. The molecule has 228 valence electrons. The molecular formula is C36H43N7O.